The summed E-state index contributed by atoms with van der Waals surface area (Å²) in [6.45, 7) is 3.47. The molecule has 1 saturated heterocycles. The molecule has 0 spiro atoms. The second-order valence-electron chi connectivity index (χ2n) is 9.19. The van der Waals surface area contributed by atoms with Crippen molar-refractivity contribution in [2.45, 2.75) is 18.9 Å². The van der Waals surface area contributed by atoms with E-state index in [-0.39, 0.29) is 29.9 Å². The summed E-state index contributed by atoms with van der Waals surface area (Å²) in [5, 5.41) is 3.74. The molecule has 0 atom stereocenters. The van der Waals surface area contributed by atoms with Gasteiger partial charge in [-0.05, 0) is 49.2 Å². The zero-order valence-electron chi connectivity index (χ0n) is 19.8. The van der Waals surface area contributed by atoms with Crippen LogP contribution in [0.5, 0.6) is 0 Å². The van der Waals surface area contributed by atoms with E-state index in [9.17, 15) is 9.59 Å². The number of benzene rings is 3. The third-order valence-corrected chi connectivity index (χ3v) is 7.16. The number of aromatic nitrogens is 2. The number of hydrogen-bond donors (Lipinski definition) is 1. The molecule has 8 heteroatoms. The molecule has 6 rings (SSSR count). The monoisotopic (exact) mass is 501 g/mol. The second-order valence-corrected chi connectivity index (χ2v) is 9.19. The molecule has 0 radical (unpaired) electrons. The first-order chi connectivity index (χ1) is 17.2. The number of rotatable bonds is 4. The molecule has 7 nitrogen and oxygen atoms in total. The van der Waals surface area contributed by atoms with Crippen LogP contribution in [0.4, 0.5) is 17.1 Å². The highest BCUT2D eigenvalue weighted by molar-refractivity contribution is 6.12. The number of halogens is 1. The van der Waals surface area contributed by atoms with Gasteiger partial charge in [0.15, 0.2) is 0 Å². The summed E-state index contributed by atoms with van der Waals surface area (Å²) in [4.78, 5) is 35.0. The van der Waals surface area contributed by atoms with Crippen LogP contribution in [0.15, 0.2) is 83.9 Å². The van der Waals surface area contributed by atoms with Crippen LogP contribution >= 0.6 is 12.4 Å². The maximum atomic E-state index is 13.0. The van der Waals surface area contributed by atoms with Crippen molar-refractivity contribution >= 4 is 46.3 Å². The molecular formula is C28H28ClN5O2. The van der Waals surface area contributed by atoms with Gasteiger partial charge >= 0.3 is 0 Å². The lowest BCUT2D eigenvalue weighted by Gasteiger charge is -2.35. The SMILES string of the molecule is Cl.O=C1Nc2ccccc2N(CCN2CCC(n3cnc4ccccc4c3=O)CC2)c2ccccc21. The molecule has 0 bridgehead atoms. The van der Waals surface area contributed by atoms with Gasteiger partial charge in [0, 0.05) is 32.2 Å². The number of piperidine rings is 1. The fraction of sp³-hybridized carbons (Fsp3) is 0.250. The van der Waals surface area contributed by atoms with Gasteiger partial charge in [-0.25, -0.2) is 4.98 Å². The van der Waals surface area contributed by atoms with E-state index in [1.165, 1.54) is 0 Å². The van der Waals surface area contributed by atoms with Crippen LogP contribution in [0.1, 0.15) is 29.2 Å². The zero-order chi connectivity index (χ0) is 23.8. The van der Waals surface area contributed by atoms with Gasteiger partial charge in [-0.3, -0.25) is 14.2 Å². The molecule has 3 heterocycles. The lowest BCUT2D eigenvalue weighted by Crippen LogP contribution is -2.40. The van der Waals surface area contributed by atoms with E-state index in [0.717, 1.165) is 61.6 Å². The highest BCUT2D eigenvalue weighted by Gasteiger charge is 2.26. The lowest BCUT2D eigenvalue weighted by atomic mass is 10.0. The van der Waals surface area contributed by atoms with Crippen molar-refractivity contribution < 1.29 is 4.79 Å². The molecule has 2 aliphatic heterocycles. The Morgan fingerprint density at radius 2 is 1.53 bits per heavy atom. The Hall–Kier alpha value is -3.68. The molecule has 1 aromatic heterocycles. The number of nitrogens with zero attached hydrogens (tertiary/aromatic N) is 4. The predicted molar refractivity (Wildman–Crippen MR) is 146 cm³/mol. The maximum Gasteiger partial charge on any atom is 0.261 e. The fourth-order valence-corrected chi connectivity index (χ4v) is 5.28. The van der Waals surface area contributed by atoms with Gasteiger partial charge in [-0.15, -0.1) is 12.4 Å². The lowest BCUT2D eigenvalue weighted by molar-refractivity contribution is 0.102. The van der Waals surface area contributed by atoms with E-state index >= 15 is 0 Å². The van der Waals surface area contributed by atoms with Crippen molar-refractivity contribution in [2.75, 3.05) is 36.4 Å². The number of para-hydroxylation sites is 4. The molecule has 4 aromatic rings. The first-order valence-electron chi connectivity index (χ1n) is 12.1. The number of anilines is 3. The Balaban J connectivity index is 0.00000267. The molecule has 36 heavy (non-hydrogen) atoms. The number of carbonyl (C=O) groups excluding carboxylic acids is 1. The summed E-state index contributed by atoms with van der Waals surface area (Å²) in [5.74, 6) is -0.0780. The third-order valence-electron chi connectivity index (χ3n) is 7.16. The van der Waals surface area contributed by atoms with Crippen molar-refractivity contribution in [2.24, 2.45) is 0 Å². The number of nitrogens with one attached hydrogen (secondary N) is 1. The quantitative estimate of drug-likeness (QED) is 0.432. The Morgan fingerprint density at radius 1 is 0.833 bits per heavy atom. The number of likely N-dealkylation sites (tertiary alicyclic amines) is 1. The second kappa shape index (κ2) is 10.1. The first-order valence-corrected chi connectivity index (χ1v) is 12.1. The standard InChI is InChI=1S/C28H27N5O2.ClH/c34-27-22-8-2-5-11-25(22)32(26-12-6-4-10-24(26)30-27)18-17-31-15-13-20(14-16-31)33-19-29-23-9-3-1-7-21(23)28(33)35;/h1-12,19-20H,13-18H2,(H,30,34);1H. The van der Waals surface area contributed by atoms with Gasteiger partial charge in [0.05, 0.1) is 39.9 Å². The van der Waals surface area contributed by atoms with Gasteiger partial charge in [0.2, 0.25) is 0 Å². The van der Waals surface area contributed by atoms with E-state index in [0.29, 0.717) is 10.9 Å². The normalized spacial score (nSPS) is 16.0. The van der Waals surface area contributed by atoms with Gasteiger partial charge in [-0.2, -0.15) is 0 Å². The van der Waals surface area contributed by atoms with Gasteiger partial charge in [0.1, 0.15) is 0 Å². The van der Waals surface area contributed by atoms with Crippen molar-refractivity contribution in [3.63, 3.8) is 0 Å². The molecule has 1 fully saturated rings. The fourth-order valence-electron chi connectivity index (χ4n) is 5.28. The molecule has 0 unspecified atom stereocenters. The Kier molecular flexibility index (Phi) is 6.76. The molecule has 3 aromatic carbocycles. The van der Waals surface area contributed by atoms with Crippen LogP contribution in [0, 0.1) is 0 Å². The smallest absolute Gasteiger partial charge is 0.261 e. The van der Waals surface area contributed by atoms with Crippen LogP contribution < -0.4 is 15.8 Å². The Bertz CT molecular complexity index is 1460. The summed E-state index contributed by atoms with van der Waals surface area (Å²) in [6.07, 6.45) is 3.53. The molecule has 0 saturated carbocycles. The van der Waals surface area contributed by atoms with E-state index in [4.69, 9.17) is 0 Å². The number of hydrogen-bond acceptors (Lipinski definition) is 5. The summed E-state index contributed by atoms with van der Waals surface area (Å²) in [5.41, 5.74) is 4.25. The largest absolute Gasteiger partial charge is 0.338 e. The molecule has 184 valence electrons. The molecular weight excluding hydrogens is 474 g/mol. The summed E-state index contributed by atoms with van der Waals surface area (Å²) >= 11 is 0. The van der Waals surface area contributed by atoms with Crippen LogP contribution in [0.2, 0.25) is 0 Å². The molecule has 1 N–H and O–H groups in total. The highest BCUT2D eigenvalue weighted by Crippen LogP contribution is 2.37. The first kappa shape index (κ1) is 24.0. The van der Waals surface area contributed by atoms with E-state index in [2.05, 4.69) is 26.2 Å². The predicted octanol–water partition coefficient (Wildman–Crippen LogP) is 4.86. The van der Waals surface area contributed by atoms with E-state index < -0.39 is 0 Å². The topological polar surface area (TPSA) is 70.5 Å². The molecule has 1 amide bonds. The average Bonchev–Trinajstić information content (AvgIpc) is 3.02. The third kappa shape index (κ3) is 4.36. The van der Waals surface area contributed by atoms with Crippen molar-refractivity contribution in [3.05, 3.63) is 95.0 Å². The van der Waals surface area contributed by atoms with E-state index in [1.807, 2.05) is 71.3 Å². The number of amides is 1. The van der Waals surface area contributed by atoms with Crippen LogP contribution in [0.25, 0.3) is 10.9 Å². The van der Waals surface area contributed by atoms with Gasteiger partial charge < -0.3 is 15.1 Å². The number of fused-ring (bicyclic) bond motifs is 3. The van der Waals surface area contributed by atoms with Crippen molar-refractivity contribution in [1.29, 1.82) is 0 Å². The Morgan fingerprint density at radius 3 is 2.36 bits per heavy atom. The van der Waals surface area contributed by atoms with Gasteiger partial charge in [-0.1, -0.05) is 36.4 Å². The van der Waals surface area contributed by atoms with Crippen LogP contribution in [-0.2, 0) is 0 Å². The highest BCUT2D eigenvalue weighted by atomic mass is 35.5. The van der Waals surface area contributed by atoms with Crippen LogP contribution in [0.3, 0.4) is 0 Å². The van der Waals surface area contributed by atoms with Gasteiger partial charge in [0.25, 0.3) is 11.5 Å². The average molecular weight is 502 g/mol. The van der Waals surface area contributed by atoms with E-state index in [1.54, 1.807) is 6.33 Å². The zero-order valence-corrected chi connectivity index (χ0v) is 20.7. The summed E-state index contributed by atoms with van der Waals surface area (Å²) < 4.78 is 1.82. The summed E-state index contributed by atoms with van der Waals surface area (Å²) in [7, 11) is 0. The number of carbonyl (C=O) groups is 1. The molecule has 2 aliphatic rings. The molecule has 0 aliphatic carbocycles. The van der Waals surface area contributed by atoms with Crippen molar-refractivity contribution in [1.82, 2.24) is 14.5 Å². The summed E-state index contributed by atoms with van der Waals surface area (Å²) in [6, 6.07) is 23.4. The Labute approximate surface area is 215 Å². The van der Waals surface area contributed by atoms with Crippen molar-refractivity contribution in [3.8, 4) is 0 Å². The van der Waals surface area contributed by atoms with Crippen LogP contribution in [-0.4, -0.2) is 46.5 Å². The minimum atomic E-state index is -0.0780. The minimum Gasteiger partial charge on any atom is -0.338 e. The maximum absolute atomic E-state index is 13.0. The minimum absolute atomic E-state index is 0.